The molecule has 0 radical (unpaired) electrons. The third-order valence-corrected chi connectivity index (χ3v) is 3.86. The molecule has 5 heteroatoms. The van der Waals surface area contributed by atoms with Gasteiger partial charge in [-0.25, -0.2) is 0 Å². The first-order chi connectivity index (χ1) is 11.2. The van der Waals surface area contributed by atoms with Crippen molar-refractivity contribution in [3.05, 3.63) is 58.7 Å². The highest BCUT2D eigenvalue weighted by atomic mass is 16.5. The minimum Gasteiger partial charge on any atom is -0.496 e. The van der Waals surface area contributed by atoms with Crippen LogP contribution in [0.25, 0.3) is 11.6 Å². The van der Waals surface area contributed by atoms with Crippen molar-refractivity contribution in [3.63, 3.8) is 0 Å². The summed E-state index contributed by atoms with van der Waals surface area (Å²) < 4.78 is 5.37. The maximum absolute atomic E-state index is 12.2. The summed E-state index contributed by atoms with van der Waals surface area (Å²) in [7, 11) is 1.52. The largest absolute Gasteiger partial charge is 0.496 e. The Morgan fingerprint density at radius 2 is 1.96 bits per heavy atom. The molecular formula is C18H17NO4. The lowest BCUT2D eigenvalue weighted by atomic mass is 9.98. The van der Waals surface area contributed by atoms with Crippen molar-refractivity contribution in [1.82, 2.24) is 0 Å². The van der Waals surface area contributed by atoms with Crippen molar-refractivity contribution in [1.29, 1.82) is 0 Å². The number of rotatable bonds is 4. The first-order valence-electron chi connectivity index (χ1n) is 7.22. The number of carbonyl (C=O) groups is 1. The molecule has 0 bridgehead atoms. The molecule has 1 aliphatic heterocycles. The summed E-state index contributed by atoms with van der Waals surface area (Å²) in [5.74, 6) is 0.314. The Labute approximate surface area is 133 Å². The Hall–Kier alpha value is -2.63. The van der Waals surface area contributed by atoms with E-state index in [1.54, 1.807) is 18.2 Å². The third-order valence-electron chi connectivity index (χ3n) is 3.86. The number of para-hydroxylation sites is 1. The first-order valence-corrected chi connectivity index (χ1v) is 7.22. The number of hydrogen-bond acceptors (Lipinski definition) is 4. The van der Waals surface area contributed by atoms with Crippen LogP contribution >= 0.6 is 0 Å². The minimum absolute atomic E-state index is 0.149. The van der Waals surface area contributed by atoms with E-state index in [9.17, 15) is 15.0 Å². The average molecular weight is 311 g/mol. The van der Waals surface area contributed by atoms with E-state index in [0.717, 1.165) is 11.3 Å². The van der Waals surface area contributed by atoms with Crippen molar-refractivity contribution in [2.24, 2.45) is 0 Å². The number of ether oxygens (including phenoxy) is 1. The molecule has 23 heavy (non-hydrogen) atoms. The van der Waals surface area contributed by atoms with Crippen LogP contribution in [-0.4, -0.2) is 23.2 Å². The standard InChI is InChI=1S/C18H17NO4/c1-23-17-7-11(9-20)6-12(10-21)14(17)8-15-13-4-2-3-5-16(13)19-18(15)22/h2-8,20-21H,9-10H2,1H3,(H,19,22). The number of carbonyl (C=O) groups excluding carboxylic acids is 1. The second-order valence-corrected chi connectivity index (χ2v) is 5.24. The Morgan fingerprint density at radius 1 is 1.17 bits per heavy atom. The molecule has 3 rings (SSSR count). The molecule has 2 aromatic carbocycles. The maximum atomic E-state index is 12.2. The summed E-state index contributed by atoms with van der Waals surface area (Å²) in [4.78, 5) is 12.2. The molecule has 0 aliphatic carbocycles. The number of amides is 1. The van der Waals surface area contributed by atoms with Crippen LogP contribution in [0, 0.1) is 0 Å². The van der Waals surface area contributed by atoms with Gasteiger partial charge in [0.15, 0.2) is 0 Å². The molecule has 0 aromatic heterocycles. The quantitative estimate of drug-likeness (QED) is 0.756. The molecule has 0 spiro atoms. The lowest BCUT2D eigenvalue weighted by molar-refractivity contribution is -0.110. The number of hydrogen-bond donors (Lipinski definition) is 3. The Balaban J connectivity index is 2.18. The van der Waals surface area contributed by atoms with E-state index in [1.165, 1.54) is 7.11 Å². The van der Waals surface area contributed by atoms with Gasteiger partial charge in [0.25, 0.3) is 5.91 Å². The van der Waals surface area contributed by atoms with E-state index >= 15 is 0 Å². The van der Waals surface area contributed by atoms with Crippen LogP contribution in [0.1, 0.15) is 22.3 Å². The summed E-state index contributed by atoms with van der Waals surface area (Å²) in [6.45, 7) is -0.365. The smallest absolute Gasteiger partial charge is 0.256 e. The van der Waals surface area contributed by atoms with E-state index in [0.29, 0.717) is 28.0 Å². The number of methoxy groups -OCH3 is 1. The predicted molar refractivity (Wildman–Crippen MR) is 87.8 cm³/mol. The van der Waals surface area contributed by atoms with E-state index in [4.69, 9.17) is 4.74 Å². The van der Waals surface area contributed by atoms with Gasteiger partial charge in [-0.3, -0.25) is 4.79 Å². The Bertz CT molecular complexity index is 770. The average Bonchev–Trinajstić information content (AvgIpc) is 2.90. The molecule has 2 aromatic rings. The molecule has 0 saturated heterocycles. The lowest BCUT2D eigenvalue weighted by Crippen LogP contribution is -2.04. The molecular weight excluding hydrogens is 294 g/mol. The van der Waals surface area contributed by atoms with Crippen molar-refractivity contribution in [2.45, 2.75) is 13.2 Å². The molecule has 5 nitrogen and oxygen atoms in total. The van der Waals surface area contributed by atoms with Crippen LogP contribution in [0.5, 0.6) is 5.75 Å². The molecule has 0 atom stereocenters. The molecule has 1 aliphatic rings. The zero-order valence-corrected chi connectivity index (χ0v) is 12.7. The maximum Gasteiger partial charge on any atom is 0.256 e. The van der Waals surface area contributed by atoms with Gasteiger partial charge in [0.2, 0.25) is 0 Å². The van der Waals surface area contributed by atoms with E-state index in [2.05, 4.69) is 5.32 Å². The highest BCUT2D eigenvalue weighted by Crippen LogP contribution is 2.35. The third kappa shape index (κ3) is 2.72. The Morgan fingerprint density at radius 3 is 2.65 bits per heavy atom. The second kappa shape index (κ2) is 6.24. The fraction of sp³-hybridized carbons (Fsp3) is 0.167. The van der Waals surface area contributed by atoms with E-state index < -0.39 is 0 Å². The summed E-state index contributed by atoms with van der Waals surface area (Å²) in [6.07, 6.45) is 1.71. The van der Waals surface area contributed by atoms with Crippen LogP contribution in [0.4, 0.5) is 5.69 Å². The van der Waals surface area contributed by atoms with Crippen LogP contribution < -0.4 is 10.1 Å². The van der Waals surface area contributed by atoms with Crippen molar-refractivity contribution < 1.29 is 19.7 Å². The Kier molecular flexibility index (Phi) is 4.14. The van der Waals surface area contributed by atoms with Gasteiger partial charge >= 0.3 is 0 Å². The normalized spacial score (nSPS) is 14.7. The van der Waals surface area contributed by atoms with Gasteiger partial charge in [0.1, 0.15) is 5.75 Å². The highest BCUT2D eigenvalue weighted by molar-refractivity contribution is 6.35. The van der Waals surface area contributed by atoms with Gasteiger partial charge in [-0.15, -0.1) is 0 Å². The number of fused-ring (bicyclic) bond motifs is 1. The van der Waals surface area contributed by atoms with Crippen LogP contribution in [0.2, 0.25) is 0 Å². The number of benzene rings is 2. The molecule has 0 saturated carbocycles. The molecule has 3 N–H and O–H groups in total. The summed E-state index contributed by atoms with van der Waals surface area (Å²) in [5, 5.41) is 21.7. The molecule has 0 unspecified atom stereocenters. The first kappa shape index (κ1) is 15.3. The molecule has 1 amide bonds. The van der Waals surface area contributed by atoms with Gasteiger partial charge in [-0.1, -0.05) is 24.3 Å². The van der Waals surface area contributed by atoms with Crippen molar-refractivity contribution in [2.75, 3.05) is 12.4 Å². The van der Waals surface area contributed by atoms with E-state index in [1.807, 2.05) is 24.3 Å². The summed E-state index contributed by atoms with van der Waals surface area (Å²) in [5.41, 5.74) is 3.97. The van der Waals surface area contributed by atoms with Crippen LogP contribution in [-0.2, 0) is 18.0 Å². The minimum atomic E-state index is -0.216. The number of aliphatic hydroxyl groups excluding tert-OH is 2. The van der Waals surface area contributed by atoms with Gasteiger partial charge in [-0.2, -0.15) is 0 Å². The monoisotopic (exact) mass is 311 g/mol. The van der Waals surface area contributed by atoms with E-state index in [-0.39, 0.29) is 19.1 Å². The van der Waals surface area contributed by atoms with Gasteiger partial charge < -0.3 is 20.3 Å². The van der Waals surface area contributed by atoms with Crippen LogP contribution in [0.15, 0.2) is 36.4 Å². The molecule has 1 heterocycles. The topological polar surface area (TPSA) is 78.8 Å². The fourth-order valence-corrected chi connectivity index (χ4v) is 2.73. The van der Waals surface area contributed by atoms with Gasteiger partial charge in [0, 0.05) is 22.4 Å². The molecule has 118 valence electrons. The summed E-state index contributed by atoms with van der Waals surface area (Å²) in [6, 6.07) is 10.8. The number of nitrogens with one attached hydrogen (secondary N) is 1. The van der Waals surface area contributed by atoms with Gasteiger partial charge in [-0.05, 0) is 29.3 Å². The van der Waals surface area contributed by atoms with Crippen molar-refractivity contribution in [3.8, 4) is 5.75 Å². The SMILES string of the molecule is COc1cc(CO)cc(CO)c1C=C1C(=O)Nc2ccccc21. The molecule has 0 fully saturated rings. The van der Waals surface area contributed by atoms with Crippen LogP contribution in [0.3, 0.4) is 0 Å². The van der Waals surface area contributed by atoms with Crippen molar-refractivity contribution >= 4 is 23.2 Å². The number of aliphatic hydroxyl groups is 2. The predicted octanol–water partition coefficient (Wildman–Crippen LogP) is 2.17. The highest BCUT2D eigenvalue weighted by Gasteiger charge is 2.24. The van der Waals surface area contributed by atoms with Gasteiger partial charge in [0.05, 0.1) is 20.3 Å². The zero-order valence-electron chi connectivity index (χ0n) is 12.7. The second-order valence-electron chi connectivity index (χ2n) is 5.24. The summed E-state index contributed by atoms with van der Waals surface area (Å²) >= 11 is 0. The fourth-order valence-electron chi connectivity index (χ4n) is 2.73. The lowest BCUT2D eigenvalue weighted by Gasteiger charge is -2.12. The number of anilines is 1. The zero-order chi connectivity index (χ0) is 16.4.